The largest absolute Gasteiger partial charge is 0.377 e. The highest BCUT2D eigenvalue weighted by Gasteiger charge is 2.55. The summed E-state index contributed by atoms with van der Waals surface area (Å²) >= 11 is 0. The van der Waals surface area contributed by atoms with Gasteiger partial charge in [-0.1, -0.05) is 18.5 Å². The monoisotopic (exact) mass is 265 g/mol. The number of piperidine rings is 1. The predicted molar refractivity (Wildman–Crippen MR) is 71.3 cm³/mol. The van der Waals surface area contributed by atoms with Gasteiger partial charge in [-0.05, 0) is 31.6 Å². The van der Waals surface area contributed by atoms with E-state index in [0.717, 1.165) is 18.4 Å². The molecule has 2 fully saturated rings. The van der Waals surface area contributed by atoms with E-state index < -0.39 is 5.15 Å². The summed E-state index contributed by atoms with van der Waals surface area (Å²) in [7, 11) is 4.28. The first-order chi connectivity index (χ1) is 7.38. The van der Waals surface area contributed by atoms with Crippen LogP contribution >= 0.6 is 18.5 Å². The fourth-order valence-corrected chi connectivity index (χ4v) is 2.94. The number of fused-ring (bicyclic) bond motifs is 1. The SMILES string of the molecule is CC(C)N1CC2C(COCC(F)(P)P)C2C1. The minimum Gasteiger partial charge on any atom is -0.377 e. The van der Waals surface area contributed by atoms with Crippen molar-refractivity contribution in [1.82, 2.24) is 4.90 Å². The topological polar surface area (TPSA) is 12.5 Å². The zero-order valence-electron chi connectivity index (χ0n) is 10.0. The van der Waals surface area contributed by atoms with E-state index in [4.69, 9.17) is 4.74 Å². The first kappa shape index (κ1) is 13.1. The van der Waals surface area contributed by atoms with E-state index in [2.05, 4.69) is 37.2 Å². The van der Waals surface area contributed by atoms with Crippen LogP contribution in [0.5, 0.6) is 0 Å². The number of hydrogen-bond acceptors (Lipinski definition) is 2. The van der Waals surface area contributed by atoms with Gasteiger partial charge < -0.3 is 9.64 Å². The Labute approximate surface area is 102 Å². The number of halogens is 1. The third kappa shape index (κ3) is 3.13. The van der Waals surface area contributed by atoms with Crippen molar-refractivity contribution in [1.29, 1.82) is 0 Å². The van der Waals surface area contributed by atoms with Crippen LogP contribution in [0.2, 0.25) is 0 Å². The van der Waals surface area contributed by atoms with Gasteiger partial charge in [0.15, 0.2) is 5.15 Å². The van der Waals surface area contributed by atoms with Gasteiger partial charge in [-0.2, -0.15) is 0 Å². The van der Waals surface area contributed by atoms with Crippen molar-refractivity contribution in [3.05, 3.63) is 0 Å². The van der Waals surface area contributed by atoms with Gasteiger partial charge in [0.05, 0.1) is 13.2 Å². The van der Waals surface area contributed by atoms with Gasteiger partial charge in [0, 0.05) is 19.1 Å². The van der Waals surface area contributed by atoms with Crippen molar-refractivity contribution in [2.75, 3.05) is 26.3 Å². The highest BCUT2D eigenvalue weighted by atomic mass is 31.1. The Kier molecular flexibility index (Phi) is 3.92. The molecule has 0 amide bonds. The second kappa shape index (κ2) is 4.76. The Balaban J connectivity index is 1.63. The van der Waals surface area contributed by atoms with E-state index in [9.17, 15) is 4.39 Å². The molecule has 0 N–H and O–H groups in total. The summed E-state index contributed by atoms with van der Waals surface area (Å²) in [5.74, 6) is 2.31. The average molecular weight is 265 g/mol. The molecule has 2 aliphatic rings. The standard InChI is InChI=1S/C11H22FNOP2/c1-7(2)13-3-8-9(4-13)10(8)5-14-6-11(12,15)16/h7-10H,3-6,15-16H2,1-2H3. The Morgan fingerprint density at radius 3 is 2.38 bits per heavy atom. The van der Waals surface area contributed by atoms with Gasteiger partial charge in [-0.15, -0.1) is 0 Å². The Bertz CT molecular complexity index is 245. The van der Waals surface area contributed by atoms with E-state index in [-0.39, 0.29) is 6.61 Å². The molecule has 1 heterocycles. The number of nitrogens with zero attached hydrogens (tertiary/aromatic N) is 1. The number of hydrogen-bond donors (Lipinski definition) is 0. The van der Waals surface area contributed by atoms with Crippen molar-refractivity contribution in [2.45, 2.75) is 25.0 Å². The third-order valence-electron chi connectivity index (χ3n) is 3.76. The molecule has 0 bridgehead atoms. The first-order valence-corrected chi connectivity index (χ1v) is 7.12. The van der Waals surface area contributed by atoms with Crippen LogP contribution in [0.1, 0.15) is 13.8 Å². The van der Waals surface area contributed by atoms with Crippen molar-refractivity contribution >= 4 is 18.5 Å². The lowest BCUT2D eigenvalue weighted by Crippen LogP contribution is -2.31. The molecule has 0 spiro atoms. The Hall–Kier alpha value is 0.710. The highest BCUT2D eigenvalue weighted by Crippen LogP contribution is 2.52. The molecular formula is C11H22FNOP2. The van der Waals surface area contributed by atoms with E-state index >= 15 is 0 Å². The second-order valence-electron chi connectivity index (χ2n) is 5.48. The number of likely N-dealkylation sites (tertiary alicyclic amines) is 1. The molecule has 0 radical (unpaired) electrons. The minimum atomic E-state index is -1.35. The van der Waals surface area contributed by atoms with Crippen molar-refractivity contribution in [3.8, 4) is 0 Å². The lowest BCUT2D eigenvalue weighted by Gasteiger charge is -2.23. The fourth-order valence-electron chi connectivity index (χ4n) is 2.70. The molecule has 4 unspecified atom stereocenters. The Morgan fingerprint density at radius 2 is 1.94 bits per heavy atom. The van der Waals surface area contributed by atoms with Crippen molar-refractivity contribution in [3.63, 3.8) is 0 Å². The Morgan fingerprint density at radius 1 is 1.38 bits per heavy atom. The van der Waals surface area contributed by atoms with Crippen LogP contribution in [-0.4, -0.2) is 42.4 Å². The van der Waals surface area contributed by atoms with Crippen LogP contribution < -0.4 is 0 Å². The van der Waals surface area contributed by atoms with Crippen molar-refractivity contribution < 1.29 is 9.13 Å². The van der Waals surface area contributed by atoms with Crippen LogP contribution in [0.25, 0.3) is 0 Å². The van der Waals surface area contributed by atoms with Gasteiger partial charge >= 0.3 is 0 Å². The molecule has 0 aromatic carbocycles. The quantitative estimate of drug-likeness (QED) is 0.705. The zero-order valence-corrected chi connectivity index (χ0v) is 12.3. The summed E-state index contributed by atoms with van der Waals surface area (Å²) in [5.41, 5.74) is 0. The molecule has 1 aliphatic carbocycles. The van der Waals surface area contributed by atoms with E-state index in [1.807, 2.05) is 0 Å². The van der Waals surface area contributed by atoms with Gasteiger partial charge in [-0.3, -0.25) is 0 Å². The van der Waals surface area contributed by atoms with Gasteiger partial charge in [0.25, 0.3) is 0 Å². The predicted octanol–water partition coefficient (Wildman–Crippen LogP) is 1.96. The first-order valence-electron chi connectivity index (χ1n) is 5.97. The third-order valence-corrected chi connectivity index (χ3v) is 4.10. The summed E-state index contributed by atoms with van der Waals surface area (Å²) in [4.78, 5) is 2.52. The lowest BCUT2D eigenvalue weighted by atomic mass is 10.2. The molecule has 4 atom stereocenters. The molecule has 1 saturated carbocycles. The summed E-state index contributed by atoms with van der Waals surface area (Å²) in [6, 6.07) is 0.659. The smallest absolute Gasteiger partial charge is 0.159 e. The van der Waals surface area contributed by atoms with Crippen LogP contribution in [0, 0.1) is 17.8 Å². The highest BCUT2D eigenvalue weighted by molar-refractivity contribution is 7.39. The molecule has 0 aromatic rings. The zero-order chi connectivity index (χ0) is 11.9. The number of alkyl halides is 1. The maximum atomic E-state index is 13.1. The van der Waals surface area contributed by atoms with Gasteiger partial charge in [0.2, 0.25) is 0 Å². The summed E-state index contributed by atoms with van der Waals surface area (Å²) < 4.78 is 18.5. The van der Waals surface area contributed by atoms with Crippen LogP contribution in [0.4, 0.5) is 4.39 Å². The maximum absolute atomic E-state index is 13.1. The average Bonchev–Trinajstić information content (AvgIpc) is 2.59. The van der Waals surface area contributed by atoms with Gasteiger partial charge in [-0.25, -0.2) is 4.39 Å². The fraction of sp³-hybridized carbons (Fsp3) is 1.00. The maximum Gasteiger partial charge on any atom is 0.159 e. The number of ether oxygens (including phenoxy) is 1. The second-order valence-corrected chi connectivity index (χ2v) is 8.07. The van der Waals surface area contributed by atoms with Crippen LogP contribution in [0.15, 0.2) is 0 Å². The summed E-state index contributed by atoms with van der Waals surface area (Å²) in [6.07, 6.45) is 0. The minimum absolute atomic E-state index is 0.159. The number of rotatable bonds is 5. The molecule has 0 aromatic heterocycles. The van der Waals surface area contributed by atoms with E-state index in [0.29, 0.717) is 12.0 Å². The van der Waals surface area contributed by atoms with Crippen LogP contribution in [-0.2, 0) is 4.74 Å². The molecule has 2 nitrogen and oxygen atoms in total. The molecule has 94 valence electrons. The summed E-state index contributed by atoms with van der Waals surface area (Å²) in [5, 5.41) is -1.35. The van der Waals surface area contributed by atoms with Crippen molar-refractivity contribution in [2.24, 2.45) is 17.8 Å². The lowest BCUT2D eigenvalue weighted by molar-refractivity contribution is 0.0784. The van der Waals surface area contributed by atoms with Gasteiger partial charge in [0.1, 0.15) is 0 Å². The summed E-state index contributed by atoms with van der Waals surface area (Å²) in [6.45, 7) is 7.80. The van der Waals surface area contributed by atoms with E-state index in [1.165, 1.54) is 13.1 Å². The molecular weight excluding hydrogens is 243 g/mol. The molecule has 5 heteroatoms. The normalized spacial score (nSPS) is 34.5. The molecule has 1 saturated heterocycles. The molecule has 16 heavy (non-hydrogen) atoms. The van der Waals surface area contributed by atoms with E-state index in [1.54, 1.807) is 0 Å². The molecule has 2 rings (SSSR count). The molecule has 1 aliphatic heterocycles. The van der Waals surface area contributed by atoms with Crippen LogP contribution in [0.3, 0.4) is 0 Å².